The smallest absolute Gasteiger partial charge is 0.368 e. The first-order chi connectivity index (χ1) is 14.7. The average molecular weight is 434 g/mol. The molecule has 2 aromatic carbocycles. The van der Waals surface area contributed by atoms with Gasteiger partial charge in [0.05, 0.1) is 5.56 Å². The van der Waals surface area contributed by atoms with E-state index in [4.69, 9.17) is 10.3 Å². The van der Waals surface area contributed by atoms with Crippen molar-refractivity contribution < 1.29 is 26.9 Å². The Morgan fingerprint density at radius 1 is 1.03 bits per heavy atom. The fraction of sp³-hybridized carbons (Fsp3) is 0.238. The van der Waals surface area contributed by atoms with E-state index in [0.29, 0.717) is 24.3 Å². The summed E-state index contributed by atoms with van der Waals surface area (Å²) in [6.45, 7) is 1.21. The summed E-state index contributed by atoms with van der Waals surface area (Å²) >= 11 is 0. The number of aromatic nitrogens is 1. The topological polar surface area (TPSA) is 75.6 Å². The minimum absolute atomic E-state index is 0.0399. The predicted octanol–water partition coefficient (Wildman–Crippen LogP) is 4.04. The van der Waals surface area contributed by atoms with Crippen LogP contribution in [0.2, 0.25) is 0 Å². The zero-order valence-electron chi connectivity index (χ0n) is 16.2. The molecule has 1 fully saturated rings. The van der Waals surface area contributed by atoms with Crippen LogP contribution in [0.25, 0.3) is 11.3 Å². The van der Waals surface area contributed by atoms with Gasteiger partial charge >= 0.3 is 6.18 Å². The third kappa shape index (κ3) is 4.18. The van der Waals surface area contributed by atoms with E-state index < -0.39 is 23.5 Å². The van der Waals surface area contributed by atoms with Crippen molar-refractivity contribution in [2.45, 2.75) is 6.18 Å². The first-order valence-electron chi connectivity index (χ1n) is 9.46. The largest absolute Gasteiger partial charge is 0.416 e. The quantitative estimate of drug-likeness (QED) is 0.630. The number of piperazine rings is 1. The van der Waals surface area contributed by atoms with Gasteiger partial charge in [0.1, 0.15) is 17.1 Å². The van der Waals surface area contributed by atoms with Gasteiger partial charge in [0.2, 0.25) is 5.88 Å². The molecule has 0 atom stereocenters. The molecular formula is C21H18F4N4O2. The van der Waals surface area contributed by atoms with Crippen LogP contribution in [0, 0.1) is 5.82 Å². The van der Waals surface area contributed by atoms with Crippen molar-refractivity contribution in [2.75, 3.05) is 36.8 Å². The molecule has 0 radical (unpaired) electrons. The van der Waals surface area contributed by atoms with Crippen molar-refractivity contribution in [1.82, 2.24) is 10.1 Å². The summed E-state index contributed by atoms with van der Waals surface area (Å²) in [4.78, 5) is 16.4. The van der Waals surface area contributed by atoms with E-state index in [1.54, 1.807) is 17.0 Å². The maximum Gasteiger partial charge on any atom is 0.416 e. The molecular weight excluding hydrogens is 416 g/mol. The minimum atomic E-state index is -4.42. The van der Waals surface area contributed by atoms with Gasteiger partial charge in [0.25, 0.3) is 5.91 Å². The number of halogens is 4. The number of amides is 1. The lowest BCUT2D eigenvalue weighted by molar-refractivity contribution is -0.137. The van der Waals surface area contributed by atoms with E-state index in [0.717, 1.165) is 12.1 Å². The zero-order valence-corrected chi connectivity index (χ0v) is 16.2. The van der Waals surface area contributed by atoms with E-state index in [1.165, 1.54) is 29.2 Å². The van der Waals surface area contributed by atoms with Crippen LogP contribution in [0.1, 0.15) is 15.9 Å². The van der Waals surface area contributed by atoms with Crippen LogP contribution in [0.4, 0.5) is 29.1 Å². The monoisotopic (exact) mass is 434 g/mol. The lowest BCUT2D eigenvalue weighted by atomic mass is 10.1. The number of hydrogen-bond acceptors (Lipinski definition) is 5. The molecule has 0 saturated carbocycles. The third-order valence-corrected chi connectivity index (χ3v) is 5.14. The fourth-order valence-corrected chi connectivity index (χ4v) is 3.55. The summed E-state index contributed by atoms with van der Waals surface area (Å²) < 4.78 is 57.5. The molecule has 1 aromatic heterocycles. The molecule has 10 heteroatoms. The van der Waals surface area contributed by atoms with Gasteiger partial charge < -0.3 is 20.1 Å². The molecule has 162 valence electrons. The van der Waals surface area contributed by atoms with E-state index in [9.17, 15) is 22.4 Å². The molecule has 31 heavy (non-hydrogen) atoms. The molecule has 2 N–H and O–H groups in total. The molecule has 0 bridgehead atoms. The zero-order chi connectivity index (χ0) is 22.2. The van der Waals surface area contributed by atoms with Gasteiger partial charge in [-0.3, -0.25) is 4.79 Å². The summed E-state index contributed by atoms with van der Waals surface area (Å²) in [5.74, 6) is -1.10. The second-order valence-electron chi connectivity index (χ2n) is 7.11. The normalized spacial score (nSPS) is 14.7. The molecule has 0 spiro atoms. The summed E-state index contributed by atoms with van der Waals surface area (Å²) in [7, 11) is 0. The van der Waals surface area contributed by atoms with E-state index in [1.807, 2.05) is 0 Å². The van der Waals surface area contributed by atoms with Crippen LogP contribution in [0.3, 0.4) is 0 Å². The SMILES string of the molecule is Nc1onc(-c2cccc(F)c2)c1C(=O)N1CCN(c2cccc(C(F)(F)F)c2)CC1. The van der Waals surface area contributed by atoms with Crippen LogP contribution >= 0.6 is 0 Å². The van der Waals surface area contributed by atoms with Crippen molar-refractivity contribution in [2.24, 2.45) is 0 Å². The fourth-order valence-electron chi connectivity index (χ4n) is 3.55. The number of carbonyl (C=O) groups excluding carboxylic acids is 1. The molecule has 6 nitrogen and oxygen atoms in total. The van der Waals surface area contributed by atoms with Gasteiger partial charge in [0, 0.05) is 37.4 Å². The second kappa shape index (κ2) is 7.93. The Bertz CT molecular complexity index is 1100. The Morgan fingerprint density at radius 2 is 1.74 bits per heavy atom. The number of nitrogen functional groups attached to an aromatic ring is 1. The van der Waals surface area contributed by atoms with Crippen LogP contribution in [0.5, 0.6) is 0 Å². The molecule has 1 aliphatic rings. The Balaban J connectivity index is 1.51. The van der Waals surface area contributed by atoms with Gasteiger partial charge in [-0.15, -0.1) is 0 Å². The van der Waals surface area contributed by atoms with Crippen LogP contribution in [-0.4, -0.2) is 42.1 Å². The number of carbonyl (C=O) groups is 1. The molecule has 1 saturated heterocycles. The number of hydrogen-bond donors (Lipinski definition) is 1. The molecule has 2 heterocycles. The van der Waals surface area contributed by atoms with Crippen LogP contribution in [0.15, 0.2) is 53.1 Å². The van der Waals surface area contributed by atoms with Crippen LogP contribution in [-0.2, 0) is 6.18 Å². The number of alkyl halides is 3. The lowest BCUT2D eigenvalue weighted by Crippen LogP contribution is -2.49. The Morgan fingerprint density at radius 3 is 2.42 bits per heavy atom. The van der Waals surface area contributed by atoms with Gasteiger partial charge in [0.15, 0.2) is 0 Å². The first-order valence-corrected chi connectivity index (χ1v) is 9.46. The minimum Gasteiger partial charge on any atom is -0.368 e. The Kier molecular flexibility index (Phi) is 5.30. The average Bonchev–Trinajstić information content (AvgIpc) is 3.14. The van der Waals surface area contributed by atoms with Crippen LogP contribution < -0.4 is 10.6 Å². The standard InChI is InChI=1S/C21H18F4N4O2/c22-15-5-1-3-13(11-15)18-17(19(26)31-27-18)20(30)29-9-7-28(8-10-29)16-6-2-4-14(12-16)21(23,24)25/h1-6,11-12H,7-10,26H2. The molecule has 0 unspecified atom stereocenters. The molecule has 4 rings (SSSR count). The number of anilines is 2. The number of rotatable bonds is 3. The van der Waals surface area contributed by atoms with E-state index in [2.05, 4.69) is 5.16 Å². The second-order valence-corrected chi connectivity index (χ2v) is 7.11. The number of benzene rings is 2. The van der Waals surface area contributed by atoms with Crippen molar-refractivity contribution in [1.29, 1.82) is 0 Å². The lowest BCUT2D eigenvalue weighted by Gasteiger charge is -2.36. The van der Waals surface area contributed by atoms with Gasteiger partial charge in [-0.05, 0) is 30.3 Å². The first kappa shape index (κ1) is 20.7. The summed E-state index contributed by atoms with van der Waals surface area (Å²) in [6, 6.07) is 10.6. The van der Waals surface area contributed by atoms with E-state index in [-0.39, 0.29) is 30.2 Å². The van der Waals surface area contributed by atoms with E-state index >= 15 is 0 Å². The summed E-state index contributed by atoms with van der Waals surface area (Å²) in [5, 5.41) is 3.81. The molecule has 1 amide bonds. The highest BCUT2D eigenvalue weighted by molar-refractivity contribution is 6.03. The van der Waals surface area contributed by atoms with Crippen molar-refractivity contribution in [3.63, 3.8) is 0 Å². The number of nitrogens with zero attached hydrogens (tertiary/aromatic N) is 3. The Hall–Kier alpha value is -3.56. The highest BCUT2D eigenvalue weighted by atomic mass is 19.4. The highest BCUT2D eigenvalue weighted by Gasteiger charge is 2.32. The summed E-state index contributed by atoms with van der Waals surface area (Å²) in [5.41, 5.74) is 6.06. The molecule has 3 aromatic rings. The van der Waals surface area contributed by atoms with Gasteiger partial charge in [-0.25, -0.2) is 4.39 Å². The molecule has 1 aliphatic heterocycles. The maximum atomic E-state index is 13.6. The van der Waals surface area contributed by atoms with Gasteiger partial charge in [-0.2, -0.15) is 13.2 Å². The van der Waals surface area contributed by atoms with Crippen molar-refractivity contribution in [3.8, 4) is 11.3 Å². The Labute approximate surface area is 174 Å². The van der Waals surface area contributed by atoms with Gasteiger partial charge in [-0.1, -0.05) is 23.4 Å². The highest BCUT2D eigenvalue weighted by Crippen LogP contribution is 2.32. The maximum absolute atomic E-state index is 13.6. The van der Waals surface area contributed by atoms with Crippen molar-refractivity contribution >= 4 is 17.5 Å². The number of nitrogens with two attached hydrogens (primary N) is 1. The predicted molar refractivity (Wildman–Crippen MR) is 106 cm³/mol. The summed E-state index contributed by atoms with van der Waals surface area (Å²) in [6.07, 6.45) is -4.42. The van der Waals surface area contributed by atoms with Crippen molar-refractivity contribution in [3.05, 3.63) is 65.5 Å². The third-order valence-electron chi connectivity index (χ3n) is 5.14. The molecule has 0 aliphatic carbocycles.